The lowest BCUT2D eigenvalue weighted by molar-refractivity contribution is 0.0763. The number of carbonyl (C=O) groups excluding carboxylic acids is 1. The third-order valence-corrected chi connectivity index (χ3v) is 7.88. The fourth-order valence-corrected chi connectivity index (χ4v) is 5.66. The minimum Gasteiger partial charge on any atom is -0.337 e. The fourth-order valence-electron chi connectivity index (χ4n) is 3.84. The van der Waals surface area contributed by atoms with Gasteiger partial charge in [0, 0.05) is 26.2 Å². The molecule has 4 rings (SSSR count). The summed E-state index contributed by atoms with van der Waals surface area (Å²) in [6.07, 6.45) is 0.542. The summed E-state index contributed by atoms with van der Waals surface area (Å²) in [6.45, 7) is 4.99. The van der Waals surface area contributed by atoms with E-state index in [1.54, 1.807) is 40.8 Å². The Bertz CT molecular complexity index is 1220. The molecule has 32 heavy (non-hydrogen) atoms. The first-order valence-corrected chi connectivity index (χ1v) is 12.3. The molecule has 0 radical (unpaired) electrons. The van der Waals surface area contributed by atoms with Gasteiger partial charge < -0.3 is 4.90 Å². The summed E-state index contributed by atoms with van der Waals surface area (Å²) < 4.78 is 29.1. The van der Waals surface area contributed by atoms with Crippen LogP contribution >= 0.6 is 11.6 Å². The molecule has 0 atom stereocenters. The van der Waals surface area contributed by atoms with Crippen molar-refractivity contribution in [2.45, 2.75) is 25.2 Å². The van der Waals surface area contributed by atoms with E-state index in [4.69, 9.17) is 11.6 Å². The molecule has 0 N–H and O–H groups in total. The highest BCUT2D eigenvalue weighted by Crippen LogP contribution is 2.26. The van der Waals surface area contributed by atoms with Gasteiger partial charge in [-0.3, -0.25) is 4.79 Å². The van der Waals surface area contributed by atoms with Crippen LogP contribution in [-0.4, -0.2) is 59.5 Å². The number of nitrogens with zero attached hydrogens (tertiary/aromatic N) is 4. The molecule has 1 aliphatic rings. The lowest BCUT2D eigenvalue weighted by Crippen LogP contribution is -2.37. The molecule has 0 spiro atoms. The van der Waals surface area contributed by atoms with Gasteiger partial charge in [0.05, 0.1) is 21.8 Å². The quantitative estimate of drug-likeness (QED) is 0.580. The lowest BCUT2D eigenvalue weighted by Gasteiger charge is -2.22. The smallest absolute Gasteiger partial charge is 0.258 e. The predicted molar refractivity (Wildman–Crippen MR) is 124 cm³/mol. The maximum Gasteiger partial charge on any atom is 0.258 e. The van der Waals surface area contributed by atoms with E-state index in [9.17, 15) is 13.2 Å². The second-order valence-corrected chi connectivity index (χ2v) is 10.2. The molecular formula is C23H25ClN4O3S. The molecule has 9 heteroatoms. The van der Waals surface area contributed by atoms with Gasteiger partial charge in [-0.05, 0) is 44.5 Å². The van der Waals surface area contributed by atoms with Gasteiger partial charge in [0.15, 0.2) is 0 Å². The second-order valence-electron chi connectivity index (χ2n) is 7.86. The Labute approximate surface area is 193 Å². The van der Waals surface area contributed by atoms with E-state index in [2.05, 4.69) is 5.10 Å². The van der Waals surface area contributed by atoms with Crippen molar-refractivity contribution < 1.29 is 13.2 Å². The van der Waals surface area contributed by atoms with Crippen LogP contribution < -0.4 is 0 Å². The first-order valence-electron chi connectivity index (χ1n) is 10.5. The van der Waals surface area contributed by atoms with Crippen molar-refractivity contribution in [3.05, 3.63) is 76.6 Å². The van der Waals surface area contributed by atoms with Crippen LogP contribution in [0.25, 0.3) is 5.69 Å². The molecule has 1 aromatic heterocycles. The molecule has 2 aromatic carbocycles. The van der Waals surface area contributed by atoms with Crippen LogP contribution in [0.15, 0.2) is 59.5 Å². The van der Waals surface area contributed by atoms with E-state index in [1.165, 1.54) is 4.31 Å². The van der Waals surface area contributed by atoms with Gasteiger partial charge >= 0.3 is 0 Å². The number of aryl methyl sites for hydroxylation is 2. The van der Waals surface area contributed by atoms with Crippen LogP contribution in [0.1, 0.15) is 28.0 Å². The number of hydrogen-bond donors (Lipinski definition) is 0. The van der Waals surface area contributed by atoms with Crippen molar-refractivity contribution in [3.63, 3.8) is 0 Å². The van der Waals surface area contributed by atoms with Crippen LogP contribution in [0.3, 0.4) is 0 Å². The molecule has 1 fully saturated rings. The minimum atomic E-state index is -3.61. The molecule has 2 heterocycles. The van der Waals surface area contributed by atoms with Gasteiger partial charge in [0.1, 0.15) is 5.15 Å². The zero-order valence-corrected chi connectivity index (χ0v) is 19.6. The number of amides is 1. The van der Waals surface area contributed by atoms with Crippen molar-refractivity contribution in [1.29, 1.82) is 0 Å². The Hall–Kier alpha value is -2.68. The number of benzene rings is 2. The third kappa shape index (κ3) is 4.30. The van der Waals surface area contributed by atoms with Crippen LogP contribution in [0, 0.1) is 13.8 Å². The van der Waals surface area contributed by atoms with Crippen LogP contribution in [0.5, 0.6) is 0 Å². The fraction of sp³-hybridized carbons (Fsp3) is 0.304. The van der Waals surface area contributed by atoms with Crippen LogP contribution in [0.4, 0.5) is 0 Å². The van der Waals surface area contributed by atoms with Gasteiger partial charge in [-0.2, -0.15) is 9.40 Å². The number of sulfonamides is 1. The predicted octanol–water partition coefficient (Wildman–Crippen LogP) is 3.68. The van der Waals surface area contributed by atoms with Gasteiger partial charge in [-0.1, -0.05) is 47.5 Å². The molecule has 7 nitrogen and oxygen atoms in total. The zero-order chi connectivity index (χ0) is 22.9. The first kappa shape index (κ1) is 22.5. The highest BCUT2D eigenvalue weighted by atomic mass is 35.5. The molecule has 168 valence electrons. The van der Waals surface area contributed by atoms with E-state index >= 15 is 0 Å². The number of para-hydroxylation sites is 1. The van der Waals surface area contributed by atoms with Gasteiger partial charge in [-0.25, -0.2) is 13.1 Å². The first-order chi connectivity index (χ1) is 15.3. The topological polar surface area (TPSA) is 75.5 Å². The van der Waals surface area contributed by atoms with Crippen LogP contribution in [0.2, 0.25) is 5.15 Å². The van der Waals surface area contributed by atoms with E-state index in [0.717, 1.165) is 11.3 Å². The maximum atomic E-state index is 13.3. The summed E-state index contributed by atoms with van der Waals surface area (Å²) in [5.41, 5.74) is 2.66. The summed E-state index contributed by atoms with van der Waals surface area (Å²) in [5, 5.41) is 4.71. The molecule has 1 aliphatic heterocycles. The third-order valence-electron chi connectivity index (χ3n) is 5.62. The van der Waals surface area contributed by atoms with Gasteiger partial charge in [0.2, 0.25) is 10.0 Å². The van der Waals surface area contributed by atoms with Crippen molar-refractivity contribution in [3.8, 4) is 5.69 Å². The standard InChI is InChI=1S/C23H25ClN4O3S/c1-17-9-11-20(12-10-17)32(30,31)27-14-6-13-26(15-16-27)23(29)21-18(2)25-28(22(21)24)19-7-4-3-5-8-19/h3-5,7-12H,6,13-16H2,1-2H3. The molecule has 0 saturated carbocycles. The lowest BCUT2D eigenvalue weighted by atomic mass is 10.2. The van der Waals surface area contributed by atoms with E-state index < -0.39 is 10.0 Å². The average molecular weight is 473 g/mol. The zero-order valence-electron chi connectivity index (χ0n) is 18.0. The summed E-state index contributed by atoms with van der Waals surface area (Å²) >= 11 is 6.56. The van der Waals surface area contributed by atoms with E-state index in [1.807, 2.05) is 37.3 Å². The van der Waals surface area contributed by atoms with Crippen molar-refractivity contribution in [2.24, 2.45) is 0 Å². The van der Waals surface area contributed by atoms with Gasteiger partial charge in [0.25, 0.3) is 5.91 Å². The highest BCUT2D eigenvalue weighted by molar-refractivity contribution is 7.89. The summed E-state index contributed by atoms with van der Waals surface area (Å²) in [4.78, 5) is 15.3. The molecular weight excluding hydrogens is 448 g/mol. The number of carbonyl (C=O) groups is 1. The highest BCUT2D eigenvalue weighted by Gasteiger charge is 2.31. The average Bonchev–Trinajstić information content (AvgIpc) is 2.95. The summed E-state index contributed by atoms with van der Waals surface area (Å²) in [6, 6.07) is 16.2. The van der Waals surface area contributed by atoms with Gasteiger partial charge in [-0.15, -0.1) is 0 Å². The molecule has 0 bridgehead atoms. The van der Waals surface area contributed by atoms with E-state index in [0.29, 0.717) is 30.8 Å². The molecule has 0 unspecified atom stereocenters. The number of hydrogen-bond acceptors (Lipinski definition) is 4. The van der Waals surface area contributed by atoms with E-state index in [-0.39, 0.29) is 29.0 Å². The van der Waals surface area contributed by atoms with Crippen LogP contribution in [-0.2, 0) is 10.0 Å². The Kier molecular flexibility index (Phi) is 6.37. The Morgan fingerprint density at radius 2 is 1.62 bits per heavy atom. The number of halogens is 1. The maximum absolute atomic E-state index is 13.3. The number of rotatable bonds is 4. The Balaban J connectivity index is 1.54. The molecule has 1 amide bonds. The summed E-state index contributed by atoms with van der Waals surface area (Å²) in [5.74, 6) is -0.232. The number of aromatic nitrogens is 2. The largest absolute Gasteiger partial charge is 0.337 e. The molecule has 0 aliphatic carbocycles. The summed E-state index contributed by atoms with van der Waals surface area (Å²) in [7, 11) is -3.61. The molecule has 1 saturated heterocycles. The Morgan fingerprint density at radius 1 is 0.938 bits per heavy atom. The Morgan fingerprint density at radius 3 is 2.31 bits per heavy atom. The minimum absolute atomic E-state index is 0.228. The van der Waals surface area contributed by atoms with Crippen molar-refractivity contribution >= 4 is 27.5 Å². The normalized spacial score (nSPS) is 15.5. The monoisotopic (exact) mass is 472 g/mol. The van der Waals surface area contributed by atoms with Crippen molar-refractivity contribution in [2.75, 3.05) is 26.2 Å². The molecule has 3 aromatic rings. The van der Waals surface area contributed by atoms with Crippen molar-refractivity contribution in [1.82, 2.24) is 19.0 Å². The SMILES string of the molecule is Cc1ccc(S(=O)(=O)N2CCCN(C(=O)c3c(C)nn(-c4ccccc4)c3Cl)CC2)cc1. The second kappa shape index (κ2) is 9.05.